The van der Waals surface area contributed by atoms with Gasteiger partial charge in [0.25, 0.3) is 0 Å². The molecule has 0 amide bonds. The van der Waals surface area contributed by atoms with Gasteiger partial charge in [0.2, 0.25) is 5.89 Å². The van der Waals surface area contributed by atoms with Crippen LogP contribution in [0.25, 0.3) is 10.2 Å². The van der Waals surface area contributed by atoms with E-state index in [-0.39, 0.29) is 0 Å². The second kappa shape index (κ2) is 4.87. The number of hydrogen-bond donors (Lipinski definition) is 0. The van der Waals surface area contributed by atoms with Crippen LogP contribution >= 0.6 is 34.7 Å². The van der Waals surface area contributed by atoms with E-state index >= 15 is 0 Å². The molecule has 0 saturated carbocycles. The maximum Gasteiger partial charge on any atom is 0.223 e. The normalized spacial score (nSPS) is 11.2. The molecule has 0 bridgehead atoms. The highest BCUT2D eigenvalue weighted by Crippen LogP contribution is 2.32. The SMILES string of the molecule is Cc1nc(CSc2nc3cc(Cl)ccc3s2)no1. The largest absolute Gasteiger partial charge is 0.340 e. The van der Waals surface area contributed by atoms with Crippen molar-refractivity contribution in [2.24, 2.45) is 0 Å². The Hall–Kier alpha value is -1.11. The summed E-state index contributed by atoms with van der Waals surface area (Å²) in [6.45, 7) is 1.78. The lowest BCUT2D eigenvalue weighted by molar-refractivity contribution is 0.389. The van der Waals surface area contributed by atoms with Crippen molar-refractivity contribution in [2.45, 2.75) is 17.0 Å². The van der Waals surface area contributed by atoms with Crippen molar-refractivity contribution in [1.82, 2.24) is 15.1 Å². The molecule has 0 radical (unpaired) electrons. The Morgan fingerprint density at radius 3 is 3.06 bits per heavy atom. The molecule has 1 aromatic carbocycles. The minimum absolute atomic E-state index is 0.585. The Labute approximate surface area is 116 Å². The van der Waals surface area contributed by atoms with Crippen LogP contribution in [-0.4, -0.2) is 15.1 Å². The summed E-state index contributed by atoms with van der Waals surface area (Å²) in [6.07, 6.45) is 0. The standard InChI is InChI=1S/C11H8ClN3OS2/c1-6-13-10(15-16-6)5-17-11-14-8-4-7(12)2-3-9(8)18-11/h2-4H,5H2,1H3. The van der Waals surface area contributed by atoms with Crippen molar-refractivity contribution >= 4 is 44.9 Å². The smallest absolute Gasteiger partial charge is 0.223 e. The molecule has 0 N–H and O–H groups in total. The molecule has 0 saturated heterocycles. The van der Waals surface area contributed by atoms with E-state index in [0.717, 1.165) is 14.6 Å². The predicted molar refractivity (Wildman–Crippen MR) is 73.2 cm³/mol. The second-order valence-corrected chi connectivity index (χ2v) is 6.30. The molecule has 2 heterocycles. The maximum atomic E-state index is 5.93. The number of rotatable bonds is 3. The summed E-state index contributed by atoms with van der Waals surface area (Å²) in [5, 5.41) is 4.55. The van der Waals surface area contributed by atoms with Crippen LogP contribution in [0.15, 0.2) is 27.1 Å². The Balaban J connectivity index is 1.78. The zero-order chi connectivity index (χ0) is 12.5. The first kappa shape index (κ1) is 12.0. The number of nitrogens with zero attached hydrogens (tertiary/aromatic N) is 3. The van der Waals surface area contributed by atoms with Crippen molar-refractivity contribution in [3.63, 3.8) is 0 Å². The van der Waals surface area contributed by atoms with E-state index < -0.39 is 0 Å². The molecule has 0 aliphatic rings. The molecule has 3 aromatic rings. The number of aromatic nitrogens is 3. The van der Waals surface area contributed by atoms with E-state index in [1.165, 1.54) is 0 Å². The summed E-state index contributed by atoms with van der Waals surface area (Å²) in [5.41, 5.74) is 0.930. The molecule has 0 atom stereocenters. The first-order chi connectivity index (χ1) is 8.70. The zero-order valence-corrected chi connectivity index (χ0v) is 11.8. The zero-order valence-electron chi connectivity index (χ0n) is 9.38. The topological polar surface area (TPSA) is 51.8 Å². The van der Waals surface area contributed by atoms with Crippen LogP contribution in [0.2, 0.25) is 5.02 Å². The number of thiazole rings is 1. The van der Waals surface area contributed by atoms with Gasteiger partial charge in [-0.1, -0.05) is 28.5 Å². The maximum absolute atomic E-state index is 5.93. The summed E-state index contributed by atoms with van der Waals surface area (Å²) >= 11 is 9.17. The number of halogens is 1. The average molecular weight is 298 g/mol. The Bertz CT molecular complexity index is 694. The van der Waals surface area contributed by atoms with Gasteiger partial charge in [0.1, 0.15) is 0 Å². The fourth-order valence-electron chi connectivity index (χ4n) is 1.47. The molecule has 0 fully saturated rings. The molecule has 0 aliphatic carbocycles. The van der Waals surface area contributed by atoms with Gasteiger partial charge in [-0.3, -0.25) is 0 Å². The van der Waals surface area contributed by atoms with Crippen molar-refractivity contribution in [1.29, 1.82) is 0 Å². The average Bonchev–Trinajstić information content (AvgIpc) is 2.92. The number of benzene rings is 1. The summed E-state index contributed by atoms with van der Waals surface area (Å²) in [5.74, 6) is 1.93. The molecule has 7 heteroatoms. The Morgan fingerprint density at radius 1 is 1.39 bits per heavy atom. The van der Waals surface area contributed by atoms with Crippen LogP contribution in [0.5, 0.6) is 0 Å². The van der Waals surface area contributed by atoms with Gasteiger partial charge in [-0.2, -0.15) is 4.98 Å². The van der Waals surface area contributed by atoms with E-state index in [2.05, 4.69) is 15.1 Å². The summed E-state index contributed by atoms with van der Waals surface area (Å²) in [7, 11) is 0. The van der Waals surface area contributed by atoms with E-state index in [0.29, 0.717) is 22.5 Å². The van der Waals surface area contributed by atoms with Crippen molar-refractivity contribution in [3.8, 4) is 0 Å². The second-order valence-electron chi connectivity index (χ2n) is 3.61. The molecule has 0 unspecified atom stereocenters. The molecule has 4 nitrogen and oxygen atoms in total. The van der Waals surface area contributed by atoms with E-state index in [9.17, 15) is 0 Å². The fraction of sp³-hybridized carbons (Fsp3) is 0.182. The van der Waals surface area contributed by atoms with Crippen LogP contribution in [0.1, 0.15) is 11.7 Å². The number of hydrogen-bond acceptors (Lipinski definition) is 6. The third-order valence-electron chi connectivity index (χ3n) is 2.22. The van der Waals surface area contributed by atoms with Gasteiger partial charge in [0, 0.05) is 11.9 Å². The van der Waals surface area contributed by atoms with Gasteiger partial charge in [-0.15, -0.1) is 11.3 Å². The van der Waals surface area contributed by atoms with Gasteiger partial charge in [0.05, 0.1) is 16.0 Å². The third-order valence-corrected chi connectivity index (χ3v) is 4.63. The molecular weight excluding hydrogens is 290 g/mol. The molecule has 0 aliphatic heterocycles. The fourth-order valence-corrected chi connectivity index (χ4v) is 3.53. The quantitative estimate of drug-likeness (QED) is 0.686. The highest BCUT2D eigenvalue weighted by molar-refractivity contribution is 8.00. The highest BCUT2D eigenvalue weighted by atomic mass is 35.5. The van der Waals surface area contributed by atoms with Crippen LogP contribution in [0.3, 0.4) is 0 Å². The van der Waals surface area contributed by atoms with Gasteiger partial charge < -0.3 is 4.52 Å². The summed E-state index contributed by atoms with van der Waals surface area (Å²) in [4.78, 5) is 8.66. The predicted octanol–water partition coefficient (Wildman–Crippen LogP) is 3.93. The van der Waals surface area contributed by atoms with Crippen molar-refractivity contribution in [2.75, 3.05) is 0 Å². The van der Waals surface area contributed by atoms with Crippen LogP contribution < -0.4 is 0 Å². The van der Waals surface area contributed by atoms with Crippen LogP contribution in [0.4, 0.5) is 0 Å². The lowest BCUT2D eigenvalue weighted by Gasteiger charge is -1.89. The van der Waals surface area contributed by atoms with Crippen LogP contribution in [-0.2, 0) is 5.75 Å². The molecular formula is C11H8ClN3OS2. The Morgan fingerprint density at radius 2 is 2.28 bits per heavy atom. The molecule has 2 aromatic heterocycles. The van der Waals surface area contributed by atoms with E-state index in [1.54, 1.807) is 30.0 Å². The minimum Gasteiger partial charge on any atom is -0.340 e. The molecule has 92 valence electrons. The number of fused-ring (bicyclic) bond motifs is 1. The molecule has 0 spiro atoms. The third kappa shape index (κ3) is 2.50. The Kier molecular flexibility index (Phi) is 3.23. The monoisotopic (exact) mass is 297 g/mol. The van der Waals surface area contributed by atoms with Gasteiger partial charge in [0.15, 0.2) is 10.2 Å². The van der Waals surface area contributed by atoms with Gasteiger partial charge >= 0.3 is 0 Å². The summed E-state index contributed by atoms with van der Waals surface area (Å²) in [6, 6.07) is 5.73. The molecule has 18 heavy (non-hydrogen) atoms. The lowest BCUT2D eigenvalue weighted by Crippen LogP contribution is -1.83. The van der Waals surface area contributed by atoms with Gasteiger partial charge in [-0.05, 0) is 18.2 Å². The van der Waals surface area contributed by atoms with E-state index in [4.69, 9.17) is 16.1 Å². The van der Waals surface area contributed by atoms with E-state index in [1.807, 2.05) is 18.2 Å². The van der Waals surface area contributed by atoms with Crippen molar-refractivity contribution < 1.29 is 4.52 Å². The lowest BCUT2D eigenvalue weighted by atomic mass is 10.3. The number of thioether (sulfide) groups is 1. The summed E-state index contributed by atoms with van der Waals surface area (Å²) < 4.78 is 7.03. The first-order valence-electron chi connectivity index (χ1n) is 5.19. The van der Waals surface area contributed by atoms with Crippen LogP contribution in [0, 0.1) is 6.92 Å². The minimum atomic E-state index is 0.585. The molecule has 3 rings (SSSR count). The first-order valence-corrected chi connectivity index (χ1v) is 7.37. The highest BCUT2D eigenvalue weighted by Gasteiger charge is 2.08. The van der Waals surface area contributed by atoms with Gasteiger partial charge in [-0.25, -0.2) is 4.98 Å². The number of aryl methyl sites for hydroxylation is 1. The van der Waals surface area contributed by atoms with Crippen molar-refractivity contribution in [3.05, 3.63) is 34.9 Å².